The highest BCUT2D eigenvalue weighted by Gasteiger charge is 2.38. The zero-order valence-corrected chi connectivity index (χ0v) is 23.4. The topological polar surface area (TPSA) is 96.7 Å². The number of esters is 1. The number of hydrogen-bond acceptors (Lipinski definition) is 7. The van der Waals surface area contributed by atoms with Crippen molar-refractivity contribution in [3.8, 4) is 0 Å². The van der Waals surface area contributed by atoms with Crippen molar-refractivity contribution in [2.75, 3.05) is 0 Å². The Morgan fingerprint density at radius 2 is 1.92 bits per heavy atom. The molecule has 200 valence electrons. The minimum atomic E-state index is -1.73. The summed E-state index contributed by atoms with van der Waals surface area (Å²) >= 11 is 1.57. The fourth-order valence-corrected chi connectivity index (χ4v) is 4.97. The number of ether oxygens (including phenoxy) is 1. The third kappa shape index (κ3) is 9.41. The number of cyclic esters (lactones) is 1. The average molecular weight is 518 g/mol. The third-order valence-corrected chi connectivity index (χ3v) is 7.74. The van der Waals surface area contributed by atoms with Gasteiger partial charge in [-0.1, -0.05) is 37.6 Å². The largest absolute Gasteiger partial charge is 0.457 e. The van der Waals surface area contributed by atoms with Crippen LogP contribution in [0.25, 0.3) is 6.08 Å². The van der Waals surface area contributed by atoms with Crippen molar-refractivity contribution in [2.45, 2.75) is 104 Å². The molecule has 2 rings (SSSR count). The first-order valence-corrected chi connectivity index (χ1v) is 13.8. The van der Waals surface area contributed by atoms with Crippen LogP contribution in [0.1, 0.15) is 90.3 Å². The molecule has 5 unspecified atom stereocenters. The Labute approximate surface area is 220 Å². The molecule has 36 heavy (non-hydrogen) atoms. The fourth-order valence-electron chi connectivity index (χ4n) is 4.40. The molecule has 0 fully saturated rings. The van der Waals surface area contributed by atoms with Gasteiger partial charge in [0.15, 0.2) is 5.78 Å². The molecule has 0 radical (unpaired) electrons. The van der Waals surface area contributed by atoms with Gasteiger partial charge in [-0.15, -0.1) is 11.3 Å². The van der Waals surface area contributed by atoms with Crippen molar-refractivity contribution in [1.82, 2.24) is 4.98 Å². The summed E-state index contributed by atoms with van der Waals surface area (Å²) in [7, 11) is 0. The van der Waals surface area contributed by atoms with Crippen LogP contribution in [0.3, 0.4) is 0 Å². The van der Waals surface area contributed by atoms with Gasteiger partial charge >= 0.3 is 5.97 Å². The van der Waals surface area contributed by atoms with E-state index in [0.717, 1.165) is 35.5 Å². The maximum atomic E-state index is 13.0. The molecule has 0 spiro atoms. The second-order valence-corrected chi connectivity index (χ2v) is 11.5. The first-order valence-electron chi connectivity index (χ1n) is 13.0. The number of aliphatic hydroxyl groups excluding tert-OH is 1. The molecule has 0 amide bonds. The Balaban J connectivity index is 2.25. The van der Waals surface area contributed by atoms with Crippen LogP contribution in [-0.2, 0) is 14.3 Å². The molecular weight excluding hydrogens is 474 g/mol. The van der Waals surface area contributed by atoms with E-state index in [1.165, 1.54) is 12.5 Å². The predicted molar refractivity (Wildman–Crippen MR) is 146 cm³/mol. The number of aliphatic hydroxyl groups is 2. The van der Waals surface area contributed by atoms with Crippen LogP contribution in [0.4, 0.5) is 0 Å². The van der Waals surface area contributed by atoms with Gasteiger partial charge in [-0.3, -0.25) is 9.59 Å². The number of Topliss-reactive ketones (excluding diaryl/α,β-unsaturated/α-hetero) is 1. The number of aryl methyl sites for hydroxylation is 1. The maximum Gasteiger partial charge on any atom is 0.306 e. The number of aromatic nitrogens is 1. The van der Waals surface area contributed by atoms with Gasteiger partial charge in [0.1, 0.15) is 11.7 Å². The quantitative estimate of drug-likeness (QED) is 0.371. The highest BCUT2D eigenvalue weighted by atomic mass is 32.1. The number of carbonyl (C=O) groups is 2. The van der Waals surface area contributed by atoms with Crippen LogP contribution < -0.4 is 0 Å². The van der Waals surface area contributed by atoms with E-state index in [2.05, 4.69) is 30.1 Å². The van der Waals surface area contributed by atoms with E-state index in [1.807, 2.05) is 32.2 Å². The second kappa shape index (κ2) is 14.0. The summed E-state index contributed by atoms with van der Waals surface area (Å²) in [5.41, 5.74) is 1.24. The van der Waals surface area contributed by atoms with Crippen LogP contribution in [-0.4, -0.2) is 44.8 Å². The summed E-state index contributed by atoms with van der Waals surface area (Å²) in [6.45, 7) is 10.9. The highest BCUT2D eigenvalue weighted by molar-refractivity contribution is 7.09. The zero-order chi connectivity index (χ0) is 26.9. The summed E-state index contributed by atoms with van der Waals surface area (Å²) in [4.78, 5) is 30.3. The van der Waals surface area contributed by atoms with Gasteiger partial charge < -0.3 is 14.9 Å². The van der Waals surface area contributed by atoms with Gasteiger partial charge in [0.25, 0.3) is 0 Å². The highest BCUT2D eigenvalue weighted by Crippen LogP contribution is 2.26. The van der Waals surface area contributed by atoms with Crippen LogP contribution in [0.5, 0.6) is 0 Å². The summed E-state index contributed by atoms with van der Waals surface area (Å²) in [5, 5.41) is 24.5. The Bertz CT molecular complexity index is 974. The van der Waals surface area contributed by atoms with Gasteiger partial charge in [-0.05, 0) is 77.4 Å². The maximum absolute atomic E-state index is 13.0. The van der Waals surface area contributed by atoms with Crippen LogP contribution in [0.2, 0.25) is 0 Å². The molecule has 1 aliphatic rings. The number of ketones is 1. The molecule has 1 aromatic heterocycles. The average Bonchev–Trinajstić information content (AvgIpc) is 3.24. The fraction of sp³-hybridized carbons (Fsp3) is 0.621. The molecule has 0 aromatic carbocycles. The molecule has 2 N–H and O–H groups in total. The Hall–Kier alpha value is -2.09. The Kier molecular flexibility index (Phi) is 11.7. The first kappa shape index (κ1) is 30.1. The van der Waals surface area contributed by atoms with E-state index in [1.54, 1.807) is 18.3 Å². The van der Waals surface area contributed by atoms with E-state index in [4.69, 9.17) is 4.74 Å². The Morgan fingerprint density at radius 1 is 1.19 bits per heavy atom. The van der Waals surface area contributed by atoms with Crippen molar-refractivity contribution >= 4 is 29.2 Å². The lowest BCUT2D eigenvalue weighted by atomic mass is 9.80. The summed E-state index contributed by atoms with van der Waals surface area (Å²) < 4.78 is 5.84. The standard InChI is InChI=1S/C29H43NO5S/c1-19-11-9-7-8-10-12-20(2)27(32)22(4)28(33)29(6,34)16-15-26(31)35-25(14-13-19)21(3)17-24-18-36-23(5)30-24/h8,10,13,17-18,20,22,25,27,32,34H,7,9,11-12,14-16H2,1-6H3/b10-8+,19-13-,21-17+. The van der Waals surface area contributed by atoms with Gasteiger partial charge in [0.2, 0.25) is 0 Å². The van der Waals surface area contributed by atoms with E-state index in [-0.39, 0.29) is 18.8 Å². The number of rotatable bonds is 2. The van der Waals surface area contributed by atoms with Gasteiger partial charge in [-0.25, -0.2) is 4.98 Å². The molecule has 0 saturated carbocycles. The normalized spacial score (nSPS) is 33.0. The molecular formula is C29H43NO5S. The summed E-state index contributed by atoms with van der Waals surface area (Å²) in [5.74, 6) is -1.79. The molecule has 6 nitrogen and oxygen atoms in total. The van der Waals surface area contributed by atoms with E-state index in [9.17, 15) is 19.8 Å². The number of thiazole rings is 1. The zero-order valence-electron chi connectivity index (χ0n) is 22.6. The summed E-state index contributed by atoms with van der Waals surface area (Å²) in [6.07, 6.45) is 10.9. The first-order chi connectivity index (χ1) is 16.9. The van der Waals surface area contributed by atoms with E-state index in [0.29, 0.717) is 12.8 Å². The lowest BCUT2D eigenvalue weighted by molar-refractivity contribution is -0.151. The van der Waals surface area contributed by atoms with Crippen LogP contribution in [0, 0.1) is 18.8 Å². The number of allylic oxidation sites excluding steroid dienone is 3. The van der Waals surface area contributed by atoms with E-state index >= 15 is 0 Å². The molecule has 1 aliphatic heterocycles. The monoisotopic (exact) mass is 517 g/mol. The molecule has 7 heteroatoms. The molecule has 0 aliphatic carbocycles. The lowest BCUT2D eigenvalue weighted by Gasteiger charge is -2.30. The van der Waals surface area contributed by atoms with Crippen LogP contribution >= 0.6 is 11.3 Å². The third-order valence-electron chi connectivity index (χ3n) is 6.95. The lowest BCUT2D eigenvalue weighted by Crippen LogP contribution is -2.44. The van der Waals surface area contributed by atoms with E-state index < -0.39 is 35.5 Å². The SMILES string of the molecule is C/C1=C/CC(/C(C)=C/c2csc(C)n2)OC(=O)CCC(C)(O)C(=O)C(C)C(O)C(C)C/C=C/CCC1. The molecule has 0 bridgehead atoms. The number of carbonyl (C=O) groups excluding carboxylic acids is 2. The molecule has 0 saturated heterocycles. The minimum Gasteiger partial charge on any atom is -0.457 e. The van der Waals surface area contributed by atoms with Crippen molar-refractivity contribution in [3.63, 3.8) is 0 Å². The van der Waals surface area contributed by atoms with Gasteiger partial charge in [0, 0.05) is 24.1 Å². The number of hydrogen-bond donors (Lipinski definition) is 2. The minimum absolute atomic E-state index is 0.0638. The molecule has 5 atom stereocenters. The smallest absolute Gasteiger partial charge is 0.306 e. The summed E-state index contributed by atoms with van der Waals surface area (Å²) in [6, 6.07) is 0. The van der Waals surface area contributed by atoms with Crippen molar-refractivity contribution in [1.29, 1.82) is 0 Å². The predicted octanol–water partition coefficient (Wildman–Crippen LogP) is 5.97. The van der Waals surface area contributed by atoms with Gasteiger partial charge in [0.05, 0.1) is 16.8 Å². The Morgan fingerprint density at radius 3 is 2.58 bits per heavy atom. The number of nitrogens with zero attached hydrogens (tertiary/aromatic N) is 1. The second-order valence-electron chi connectivity index (χ2n) is 10.4. The molecule has 1 aromatic rings. The molecule has 2 heterocycles. The van der Waals surface area contributed by atoms with Crippen LogP contribution in [0.15, 0.2) is 34.8 Å². The van der Waals surface area contributed by atoms with Crippen molar-refractivity contribution in [2.24, 2.45) is 11.8 Å². The van der Waals surface area contributed by atoms with Crippen molar-refractivity contribution < 1.29 is 24.5 Å². The van der Waals surface area contributed by atoms with Gasteiger partial charge in [-0.2, -0.15) is 0 Å². The van der Waals surface area contributed by atoms with Crippen molar-refractivity contribution in [3.05, 3.63) is 45.5 Å².